The minimum Gasteiger partial charge on any atom is -0.350 e. The van der Waals surface area contributed by atoms with E-state index in [4.69, 9.17) is 5.73 Å². The number of para-hydroxylation sites is 1. The van der Waals surface area contributed by atoms with Crippen LogP contribution >= 0.6 is 15.9 Å². The van der Waals surface area contributed by atoms with Gasteiger partial charge in [0.2, 0.25) is 0 Å². The van der Waals surface area contributed by atoms with Crippen molar-refractivity contribution in [2.45, 2.75) is 12.3 Å². The molecule has 3 heteroatoms. The predicted molar refractivity (Wildman–Crippen MR) is 92.6 cm³/mol. The second-order valence-corrected chi connectivity index (χ2v) is 6.29. The van der Waals surface area contributed by atoms with E-state index in [1.165, 1.54) is 22.0 Å². The molecule has 0 radical (unpaired) electrons. The fourth-order valence-corrected chi connectivity index (χ4v) is 3.59. The van der Waals surface area contributed by atoms with Gasteiger partial charge in [-0.1, -0.05) is 52.3 Å². The first-order valence-electron chi connectivity index (χ1n) is 7.18. The van der Waals surface area contributed by atoms with Gasteiger partial charge in [-0.25, -0.2) is 0 Å². The average molecular weight is 343 g/mol. The first kappa shape index (κ1) is 14.4. The van der Waals surface area contributed by atoms with Gasteiger partial charge in [-0.3, -0.25) is 0 Å². The lowest BCUT2D eigenvalue weighted by molar-refractivity contribution is 0.692. The molecule has 2 nitrogen and oxygen atoms in total. The second-order valence-electron chi connectivity index (χ2n) is 5.44. The van der Waals surface area contributed by atoms with E-state index < -0.39 is 0 Å². The van der Waals surface area contributed by atoms with Crippen LogP contribution in [0, 0.1) is 0 Å². The molecule has 1 unspecified atom stereocenters. The number of rotatable bonds is 4. The standard InChI is InChI=1S/C18H19BrN2/c1-21-12-14(16-7-3-5-9-18(16)21)10-13(11-20)15-6-2-4-8-17(15)19/h2-9,12-13H,10-11,20H2,1H3. The Bertz CT molecular complexity index is 761. The maximum Gasteiger partial charge on any atom is 0.0480 e. The topological polar surface area (TPSA) is 30.9 Å². The minimum atomic E-state index is 0.325. The van der Waals surface area contributed by atoms with Crippen molar-refractivity contribution >= 4 is 26.8 Å². The normalized spacial score (nSPS) is 12.7. The van der Waals surface area contributed by atoms with Gasteiger partial charge < -0.3 is 10.3 Å². The number of halogens is 1. The van der Waals surface area contributed by atoms with Crippen LogP contribution in [0.1, 0.15) is 17.0 Å². The summed E-state index contributed by atoms with van der Waals surface area (Å²) in [6, 6.07) is 16.9. The smallest absolute Gasteiger partial charge is 0.0480 e. The maximum absolute atomic E-state index is 6.04. The highest BCUT2D eigenvalue weighted by molar-refractivity contribution is 9.10. The SMILES string of the molecule is Cn1cc(CC(CN)c2ccccc2Br)c2ccccc21. The summed E-state index contributed by atoms with van der Waals surface area (Å²) in [7, 11) is 2.10. The minimum absolute atomic E-state index is 0.325. The van der Waals surface area contributed by atoms with Crippen LogP contribution in [0.5, 0.6) is 0 Å². The molecule has 0 spiro atoms. The molecule has 21 heavy (non-hydrogen) atoms. The van der Waals surface area contributed by atoms with Crippen molar-refractivity contribution in [3.63, 3.8) is 0 Å². The highest BCUT2D eigenvalue weighted by Crippen LogP contribution is 2.30. The molecule has 1 heterocycles. The Labute approximate surface area is 133 Å². The van der Waals surface area contributed by atoms with Crippen molar-refractivity contribution in [1.82, 2.24) is 4.57 Å². The van der Waals surface area contributed by atoms with E-state index in [-0.39, 0.29) is 0 Å². The first-order chi connectivity index (χ1) is 10.2. The first-order valence-corrected chi connectivity index (χ1v) is 7.97. The maximum atomic E-state index is 6.04. The lowest BCUT2D eigenvalue weighted by Gasteiger charge is -2.16. The number of aromatic nitrogens is 1. The van der Waals surface area contributed by atoms with Gasteiger partial charge in [-0.05, 0) is 36.2 Å². The summed E-state index contributed by atoms with van der Waals surface area (Å²) in [5.74, 6) is 0.325. The highest BCUT2D eigenvalue weighted by atomic mass is 79.9. The van der Waals surface area contributed by atoms with Gasteiger partial charge in [0, 0.05) is 34.5 Å². The largest absolute Gasteiger partial charge is 0.350 e. The van der Waals surface area contributed by atoms with Crippen molar-refractivity contribution in [3.05, 3.63) is 70.3 Å². The molecule has 3 rings (SSSR count). The van der Waals surface area contributed by atoms with Crippen LogP contribution in [-0.2, 0) is 13.5 Å². The van der Waals surface area contributed by atoms with Crippen molar-refractivity contribution in [2.75, 3.05) is 6.54 Å². The zero-order chi connectivity index (χ0) is 14.8. The molecule has 3 aromatic rings. The van der Waals surface area contributed by atoms with E-state index >= 15 is 0 Å². The van der Waals surface area contributed by atoms with Gasteiger partial charge in [0.25, 0.3) is 0 Å². The average Bonchev–Trinajstić information content (AvgIpc) is 2.82. The monoisotopic (exact) mass is 342 g/mol. The number of fused-ring (bicyclic) bond motifs is 1. The fraction of sp³-hybridized carbons (Fsp3) is 0.222. The van der Waals surface area contributed by atoms with Crippen LogP contribution in [0.4, 0.5) is 0 Å². The highest BCUT2D eigenvalue weighted by Gasteiger charge is 2.16. The molecule has 0 aliphatic rings. The Morgan fingerprint density at radius 1 is 1.10 bits per heavy atom. The van der Waals surface area contributed by atoms with Crippen LogP contribution in [-0.4, -0.2) is 11.1 Å². The van der Waals surface area contributed by atoms with E-state index in [0.29, 0.717) is 12.5 Å². The summed E-state index contributed by atoms with van der Waals surface area (Å²) in [6.45, 7) is 0.645. The Hall–Kier alpha value is -1.58. The molecule has 1 atom stereocenters. The Balaban J connectivity index is 1.99. The Morgan fingerprint density at radius 2 is 1.81 bits per heavy atom. The molecular formula is C18H19BrN2. The summed E-state index contributed by atoms with van der Waals surface area (Å²) >= 11 is 3.65. The van der Waals surface area contributed by atoms with E-state index in [1.807, 2.05) is 6.07 Å². The third-order valence-corrected chi connectivity index (χ3v) is 4.80. The van der Waals surface area contributed by atoms with E-state index in [9.17, 15) is 0 Å². The van der Waals surface area contributed by atoms with Crippen LogP contribution in [0.25, 0.3) is 10.9 Å². The number of aryl methyl sites for hydroxylation is 1. The molecule has 0 saturated carbocycles. The molecule has 0 fully saturated rings. The third kappa shape index (κ3) is 2.76. The number of hydrogen-bond donors (Lipinski definition) is 1. The quantitative estimate of drug-likeness (QED) is 0.755. The lowest BCUT2D eigenvalue weighted by atomic mass is 9.92. The van der Waals surface area contributed by atoms with Crippen molar-refractivity contribution in [2.24, 2.45) is 12.8 Å². The van der Waals surface area contributed by atoms with Crippen molar-refractivity contribution in [3.8, 4) is 0 Å². The van der Waals surface area contributed by atoms with E-state index in [1.54, 1.807) is 0 Å². The fourth-order valence-electron chi connectivity index (χ4n) is 2.98. The summed E-state index contributed by atoms with van der Waals surface area (Å²) < 4.78 is 3.33. The van der Waals surface area contributed by atoms with Gasteiger partial charge in [-0.15, -0.1) is 0 Å². The molecule has 0 bridgehead atoms. The molecular weight excluding hydrogens is 324 g/mol. The summed E-state index contributed by atoms with van der Waals surface area (Å²) in [5.41, 5.74) is 9.96. The molecule has 0 saturated heterocycles. The number of hydrogen-bond acceptors (Lipinski definition) is 1. The molecule has 0 amide bonds. The van der Waals surface area contributed by atoms with Gasteiger partial charge in [0.15, 0.2) is 0 Å². The summed E-state index contributed by atoms with van der Waals surface area (Å²) in [6.07, 6.45) is 3.19. The predicted octanol–water partition coefficient (Wildman–Crippen LogP) is 4.23. The molecule has 0 aliphatic heterocycles. The van der Waals surface area contributed by atoms with Gasteiger partial charge in [-0.2, -0.15) is 0 Å². The Kier molecular flexibility index (Phi) is 4.13. The molecule has 2 N–H and O–H groups in total. The number of benzene rings is 2. The van der Waals surface area contributed by atoms with Crippen LogP contribution in [0.15, 0.2) is 59.2 Å². The third-order valence-electron chi connectivity index (χ3n) is 4.08. The zero-order valence-electron chi connectivity index (χ0n) is 12.1. The molecule has 2 aromatic carbocycles. The summed E-state index contributed by atoms with van der Waals surface area (Å²) in [4.78, 5) is 0. The van der Waals surface area contributed by atoms with Gasteiger partial charge >= 0.3 is 0 Å². The summed E-state index contributed by atoms with van der Waals surface area (Å²) in [5, 5.41) is 1.32. The van der Waals surface area contributed by atoms with Crippen molar-refractivity contribution in [1.29, 1.82) is 0 Å². The van der Waals surface area contributed by atoms with E-state index in [0.717, 1.165) is 10.9 Å². The van der Waals surface area contributed by atoms with Crippen LogP contribution in [0.2, 0.25) is 0 Å². The molecule has 0 aliphatic carbocycles. The number of nitrogens with zero attached hydrogens (tertiary/aromatic N) is 1. The van der Waals surface area contributed by atoms with Crippen LogP contribution < -0.4 is 5.73 Å². The van der Waals surface area contributed by atoms with Crippen LogP contribution in [0.3, 0.4) is 0 Å². The van der Waals surface area contributed by atoms with Crippen molar-refractivity contribution < 1.29 is 0 Å². The molecule has 1 aromatic heterocycles. The Morgan fingerprint density at radius 3 is 2.57 bits per heavy atom. The molecule has 108 valence electrons. The van der Waals surface area contributed by atoms with Gasteiger partial charge in [0.1, 0.15) is 0 Å². The zero-order valence-corrected chi connectivity index (χ0v) is 13.7. The lowest BCUT2D eigenvalue weighted by Crippen LogP contribution is -2.15. The second kappa shape index (κ2) is 6.04. The number of nitrogens with two attached hydrogens (primary N) is 1. The van der Waals surface area contributed by atoms with E-state index in [2.05, 4.69) is 76.2 Å². The van der Waals surface area contributed by atoms with Gasteiger partial charge in [0.05, 0.1) is 0 Å².